The molecule has 0 aliphatic rings. The average Bonchev–Trinajstić information content (AvgIpc) is 3.16. The second kappa shape index (κ2) is 4.59. The maximum atomic E-state index is 6.00. The van der Waals surface area contributed by atoms with Gasteiger partial charge >= 0.3 is 0 Å². The number of rotatable bonds is 2. The van der Waals surface area contributed by atoms with E-state index < -0.39 is 0 Å². The van der Waals surface area contributed by atoms with Crippen LogP contribution in [-0.4, -0.2) is 19.6 Å². The lowest BCUT2D eigenvalue weighted by molar-refractivity contribution is 0.577. The molecule has 0 atom stereocenters. The van der Waals surface area contributed by atoms with Gasteiger partial charge in [0.25, 0.3) is 0 Å². The minimum atomic E-state index is 0.297. The average molecular weight is 292 g/mol. The summed E-state index contributed by atoms with van der Waals surface area (Å²) in [5, 5.41) is 4.39. The van der Waals surface area contributed by atoms with Crippen LogP contribution in [0.3, 0.4) is 0 Å². The Balaban J connectivity index is 1.89. The first-order valence-corrected chi connectivity index (χ1v) is 6.63. The zero-order chi connectivity index (χ0) is 15.1. The number of nitrogens with zero attached hydrogens (tertiary/aromatic N) is 4. The molecule has 3 heterocycles. The van der Waals surface area contributed by atoms with E-state index in [1.165, 1.54) is 0 Å². The van der Waals surface area contributed by atoms with Crippen LogP contribution in [0, 0.1) is 0 Å². The summed E-state index contributed by atoms with van der Waals surface area (Å²) in [6, 6.07) is 11.0. The molecule has 0 aliphatic carbocycles. The first-order valence-electron chi connectivity index (χ1n) is 6.63. The first-order chi connectivity index (χ1) is 10.7. The lowest BCUT2D eigenvalue weighted by atomic mass is 10.1. The number of hydrogen-bond donors (Lipinski definition) is 2. The second-order valence-corrected chi connectivity index (χ2v) is 4.82. The topological polar surface area (TPSA) is 108 Å². The standard InChI is InChI=1S/C15H12N6O/c16-10-4-1-3-9(7-10)11-8-21-15(13(17)18-11)19-14(20-21)12-5-2-6-22-12/h1-8H,16H2,(H2,17,18). The van der Waals surface area contributed by atoms with Crippen LogP contribution in [0.25, 0.3) is 28.5 Å². The predicted octanol–water partition coefficient (Wildman–Crippen LogP) is 2.22. The number of nitrogens with two attached hydrogens (primary N) is 2. The smallest absolute Gasteiger partial charge is 0.218 e. The number of nitrogen functional groups attached to an aromatic ring is 2. The molecular formula is C15H12N6O. The second-order valence-electron chi connectivity index (χ2n) is 4.82. The summed E-state index contributed by atoms with van der Waals surface area (Å²) in [6.07, 6.45) is 3.33. The van der Waals surface area contributed by atoms with Gasteiger partial charge in [-0.15, -0.1) is 5.10 Å². The highest BCUT2D eigenvalue weighted by molar-refractivity contribution is 5.70. The number of aromatic nitrogens is 4. The van der Waals surface area contributed by atoms with E-state index in [4.69, 9.17) is 15.9 Å². The molecule has 0 saturated carbocycles. The molecule has 3 aromatic heterocycles. The SMILES string of the molecule is Nc1cccc(-c2cn3nc(-c4ccco4)nc3c(N)n2)c1. The summed E-state index contributed by atoms with van der Waals surface area (Å²) in [4.78, 5) is 8.73. The van der Waals surface area contributed by atoms with Gasteiger partial charge in [-0.3, -0.25) is 0 Å². The van der Waals surface area contributed by atoms with E-state index in [-0.39, 0.29) is 0 Å². The monoisotopic (exact) mass is 292 g/mol. The molecule has 22 heavy (non-hydrogen) atoms. The molecule has 4 N–H and O–H groups in total. The fraction of sp³-hybridized carbons (Fsp3) is 0. The van der Waals surface area contributed by atoms with Gasteiger partial charge in [-0.25, -0.2) is 14.5 Å². The molecule has 7 nitrogen and oxygen atoms in total. The van der Waals surface area contributed by atoms with Crippen molar-refractivity contribution in [2.24, 2.45) is 0 Å². The van der Waals surface area contributed by atoms with E-state index in [1.807, 2.05) is 24.3 Å². The number of fused-ring (bicyclic) bond motifs is 1. The minimum Gasteiger partial charge on any atom is -0.461 e. The molecular weight excluding hydrogens is 280 g/mol. The summed E-state index contributed by atoms with van der Waals surface area (Å²) in [5.41, 5.74) is 14.5. The zero-order valence-electron chi connectivity index (χ0n) is 11.5. The van der Waals surface area contributed by atoms with E-state index in [1.54, 1.807) is 29.1 Å². The minimum absolute atomic E-state index is 0.297. The van der Waals surface area contributed by atoms with E-state index >= 15 is 0 Å². The quantitative estimate of drug-likeness (QED) is 0.548. The zero-order valence-corrected chi connectivity index (χ0v) is 11.5. The van der Waals surface area contributed by atoms with Gasteiger partial charge < -0.3 is 15.9 Å². The number of hydrogen-bond acceptors (Lipinski definition) is 6. The number of anilines is 2. The molecule has 0 aliphatic heterocycles. The van der Waals surface area contributed by atoms with Gasteiger partial charge in [-0.1, -0.05) is 12.1 Å². The molecule has 1 aromatic carbocycles. The number of benzene rings is 1. The molecule has 7 heteroatoms. The Labute approximate surface area is 125 Å². The number of furan rings is 1. The molecule has 4 rings (SSSR count). The molecule has 0 amide bonds. The predicted molar refractivity (Wildman–Crippen MR) is 82.7 cm³/mol. The van der Waals surface area contributed by atoms with Crippen molar-refractivity contribution >= 4 is 17.2 Å². The van der Waals surface area contributed by atoms with E-state index in [0.29, 0.717) is 34.4 Å². The van der Waals surface area contributed by atoms with Crippen LogP contribution in [-0.2, 0) is 0 Å². The summed E-state index contributed by atoms with van der Waals surface area (Å²) in [6.45, 7) is 0. The Morgan fingerprint density at radius 1 is 1.05 bits per heavy atom. The maximum Gasteiger partial charge on any atom is 0.218 e. The molecule has 0 radical (unpaired) electrons. The van der Waals surface area contributed by atoms with Crippen LogP contribution >= 0.6 is 0 Å². The Hall–Kier alpha value is -3.35. The normalized spacial score (nSPS) is 11.1. The largest absolute Gasteiger partial charge is 0.461 e. The Bertz CT molecular complexity index is 958. The van der Waals surface area contributed by atoms with Gasteiger partial charge in [-0.2, -0.15) is 0 Å². The summed E-state index contributed by atoms with van der Waals surface area (Å²) in [7, 11) is 0. The Morgan fingerprint density at radius 2 is 1.95 bits per heavy atom. The molecule has 108 valence electrons. The van der Waals surface area contributed by atoms with Crippen LogP contribution in [0.2, 0.25) is 0 Å². The van der Waals surface area contributed by atoms with E-state index in [0.717, 1.165) is 5.56 Å². The third-order valence-corrected chi connectivity index (χ3v) is 3.27. The molecule has 0 spiro atoms. The Kier molecular flexibility index (Phi) is 2.59. The van der Waals surface area contributed by atoms with Gasteiger partial charge in [-0.05, 0) is 24.3 Å². The van der Waals surface area contributed by atoms with Gasteiger partial charge in [0.2, 0.25) is 5.82 Å². The highest BCUT2D eigenvalue weighted by Gasteiger charge is 2.13. The van der Waals surface area contributed by atoms with Crippen molar-refractivity contribution < 1.29 is 4.42 Å². The van der Waals surface area contributed by atoms with Crippen molar-refractivity contribution in [1.82, 2.24) is 19.6 Å². The highest BCUT2D eigenvalue weighted by atomic mass is 16.3. The van der Waals surface area contributed by atoms with Crippen molar-refractivity contribution in [2.75, 3.05) is 11.5 Å². The van der Waals surface area contributed by atoms with Crippen LogP contribution in [0.15, 0.2) is 53.3 Å². The fourth-order valence-corrected chi connectivity index (χ4v) is 2.26. The van der Waals surface area contributed by atoms with Crippen LogP contribution in [0.5, 0.6) is 0 Å². The van der Waals surface area contributed by atoms with Gasteiger partial charge in [0.15, 0.2) is 17.2 Å². The lowest BCUT2D eigenvalue weighted by Crippen LogP contribution is -2.00. The maximum absolute atomic E-state index is 6.00. The highest BCUT2D eigenvalue weighted by Crippen LogP contribution is 2.24. The lowest BCUT2D eigenvalue weighted by Gasteiger charge is -2.04. The molecule has 0 bridgehead atoms. The van der Waals surface area contributed by atoms with Crippen LogP contribution in [0.4, 0.5) is 11.5 Å². The first kappa shape index (κ1) is 12.4. The fourth-order valence-electron chi connectivity index (χ4n) is 2.26. The van der Waals surface area contributed by atoms with Gasteiger partial charge in [0, 0.05) is 11.3 Å². The van der Waals surface area contributed by atoms with Crippen LogP contribution in [0.1, 0.15) is 0 Å². The van der Waals surface area contributed by atoms with Crippen molar-refractivity contribution in [3.05, 3.63) is 48.9 Å². The molecule has 0 saturated heterocycles. The van der Waals surface area contributed by atoms with E-state index in [9.17, 15) is 0 Å². The Morgan fingerprint density at radius 3 is 2.73 bits per heavy atom. The molecule has 0 unspecified atom stereocenters. The summed E-state index contributed by atoms with van der Waals surface area (Å²) in [5.74, 6) is 1.34. The van der Waals surface area contributed by atoms with Crippen LogP contribution < -0.4 is 11.5 Å². The third-order valence-electron chi connectivity index (χ3n) is 3.27. The summed E-state index contributed by atoms with van der Waals surface area (Å²) >= 11 is 0. The third kappa shape index (κ3) is 1.96. The van der Waals surface area contributed by atoms with Crippen molar-refractivity contribution in [3.8, 4) is 22.8 Å². The molecule has 0 fully saturated rings. The summed E-state index contributed by atoms with van der Waals surface area (Å²) < 4.78 is 6.90. The van der Waals surface area contributed by atoms with Crippen molar-refractivity contribution in [2.45, 2.75) is 0 Å². The van der Waals surface area contributed by atoms with Gasteiger partial charge in [0.1, 0.15) is 0 Å². The van der Waals surface area contributed by atoms with Gasteiger partial charge in [0.05, 0.1) is 18.2 Å². The van der Waals surface area contributed by atoms with E-state index in [2.05, 4.69) is 15.1 Å². The molecule has 4 aromatic rings. The van der Waals surface area contributed by atoms with Crippen molar-refractivity contribution in [1.29, 1.82) is 0 Å². The van der Waals surface area contributed by atoms with Crippen molar-refractivity contribution in [3.63, 3.8) is 0 Å².